The van der Waals surface area contributed by atoms with Crippen LogP contribution in [0.25, 0.3) is 104 Å². The fourth-order valence-electron chi connectivity index (χ4n) is 7.25. The van der Waals surface area contributed by atoms with E-state index in [0.717, 1.165) is 33.1 Å². The second-order valence-corrected chi connectivity index (χ2v) is 17.9. The predicted octanol–water partition coefficient (Wildman–Crippen LogP) is 16.9. The van der Waals surface area contributed by atoms with Gasteiger partial charge in [0.2, 0.25) is 0 Å². The molecule has 5 rings (SSSR count). The van der Waals surface area contributed by atoms with Crippen molar-refractivity contribution in [3.05, 3.63) is 211 Å². The lowest BCUT2D eigenvalue weighted by atomic mass is 9.81. The van der Waals surface area contributed by atoms with Gasteiger partial charge in [-0.25, -0.2) is 0 Å². The third kappa shape index (κ3) is 20.7. The fraction of sp³-hybridized carbons (Fsp3) is 0.548. The van der Waals surface area contributed by atoms with E-state index in [2.05, 4.69) is 137 Å². The Morgan fingerprint density at radius 3 is 1.66 bits per heavy atom. The molecule has 0 N–H and O–H groups in total. The Morgan fingerprint density at radius 2 is 1.16 bits per heavy atom. The number of azide groups is 10. The number of ketones is 1. The predicted molar refractivity (Wildman–Crippen MR) is 282 cm³/mol. The van der Waals surface area contributed by atoms with Gasteiger partial charge in [0.05, 0.1) is 29.2 Å². The molecule has 0 aromatic heterocycles. The van der Waals surface area contributed by atoms with Crippen molar-refractivity contribution in [2.24, 2.45) is 51.1 Å². The van der Waals surface area contributed by atoms with E-state index in [9.17, 15) is 4.79 Å². The maximum absolute atomic E-state index is 10.6. The molecule has 0 heterocycles. The van der Waals surface area contributed by atoms with Crippen molar-refractivity contribution in [2.45, 2.75) is 120 Å². The molecule has 0 radical (unpaired) electrons. The molecule has 32 heteroatoms. The maximum Gasteiger partial charge on any atom is 0.129 e. The molecule has 384 valence electrons. The van der Waals surface area contributed by atoms with Gasteiger partial charge in [0.25, 0.3) is 0 Å². The molecule has 2 aliphatic carbocycles. The van der Waals surface area contributed by atoms with E-state index < -0.39 is 23.2 Å². The Kier molecular flexibility index (Phi) is 29.1. The summed E-state index contributed by atoms with van der Waals surface area (Å²) in [6.45, 7) is 12.0. The highest BCUT2D eigenvalue weighted by atomic mass is 79.9. The molecule has 3 aromatic rings. The summed E-state index contributed by atoms with van der Waals surface area (Å²) in [5, 5.41) is 36.3. The van der Waals surface area contributed by atoms with Gasteiger partial charge < -0.3 is 4.79 Å². The number of Topliss-reactive ketones (excluding diaryl/α,β-unsaturated/α-hetero) is 1. The molecule has 0 fully saturated rings. The number of carbonyl (C=O) groups is 1. The highest BCUT2D eigenvalue weighted by molar-refractivity contribution is 9.09. The van der Waals surface area contributed by atoms with E-state index in [1.54, 1.807) is 0 Å². The van der Waals surface area contributed by atoms with E-state index in [1.165, 1.54) is 12.5 Å². The first-order chi connectivity index (χ1) is 35.5. The number of fused-ring (bicyclic) bond motifs is 2. The molecule has 0 amide bonds. The minimum absolute atomic E-state index is 0.0269. The quantitative estimate of drug-likeness (QED) is 0.0480. The molecular weight excluding hydrogens is 1020 g/mol. The van der Waals surface area contributed by atoms with E-state index in [4.69, 9.17) is 55.3 Å². The Bertz CT molecular complexity index is 2840. The van der Waals surface area contributed by atoms with Crippen molar-refractivity contribution >= 4 is 21.7 Å². The number of alkyl halides is 1. The molecule has 3 aromatic carbocycles. The first-order valence-electron chi connectivity index (χ1n) is 22.2. The van der Waals surface area contributed by atoms with Crippen LogP contribution in [-0.4, -0.2) is 54.4 Å². The minimum atomic E-state index is -0.829. The average Bonchev–Trinajstić information content (AvgIpc) is 3.83. The van der Waals surface area contributed by atoms with Crippen LogP contribution in [0.5, 0.6) is 0 Å². The summed E-state index contributed by atoms with van der Waals surface area (Å²) in [4.78, 5) is 37.7. The van der Waals surface area contributed by atoms with E-state index in [1.807, 2.05) is 86.6 Å². The summed E-state index contributed by atoms with van der Waals surface area (Å²) in [7, 11) is 0. The zero-order chi connectivity index (χ0) is 55.4. The zero-order valence-corrected chi connectivity index (χ0v) is 43.0. The second-order valence-electron chi connectivity index (χ2n) is 17.2. The molecule has 0 saturated heterocycles. The number of halogens is 1. The van der Waals surface area contributed by atoms with Gasteiger partial charge in [-0.05, 0) is 134 Å². The first kappa shape index (κ1) is 62.9. The van der Waals surface area contributed by atoms with Gasteiger partial charge in [0, 0.05) is 92.6 Å². The number of nitrogens with zero attached hydrogens (tertiary/aromatic N) is 30. The molecule has 2 aliphatic rings. The third-order valence-corrected chi connectivity index (χ3v) is 11.7. The van der Waals surface area contributed by atoms with Crippen LogP contribution >= 0.6 is 15.9 Å². The molecule has 31 nitrogen and oxygen atoms in total. The highest BCUT2D eigenvalue weighted by Crippen LogP contribution is 2.49. The normalized spacial score (nSPS) is 17.9. The highest BCUT2D eigenvalue weighted by Gasteiger charge is 2.51. The van der Waals surface area contributed by atoms with Gasteiger partial charge >= 0.3 is 0 Å². The Morgan fingerprint density at radius 1 is 0.635 bits per heavy atom. The average molecular weight is 1070 g/mol. The minimum Gasteiger partial charge on any atom is -0.300 e. The fourth-order valence-corrected chi connectivity index (χ4v) is 7.78. The van der Waals surface area contributed by atoms with Gasteiger partial charge in [-0.1, -0.05) is 168 Å². The van der Waals surface area contributed by atoms with Crippen LogP contribution < -0.4 is 0 Å². The zero-order valence-electron chi connectivity index (χ0n) is 41.4. The number of hydrogen-bond acceptors (Lipinski definition) is 11. The lowest BCUT2D eigenvalue weighted by Crippen LogP contribution is -2.40. The van der Waals surface area contributed by atoms with E-state index in [-0.39, 0.29) is 49.0 Å². The smallest absolute Gasteiger partial charge is 0.129 e. The van der Waals surface area contributed by atoms with Gasteiger partial charge in [-0.3, -0.25) is 0 Å². The summed E-state index contributed by atoms with van der Waals surface area (Å²) in [5.74, 6) is 0.0269. The van der Waals surface area contributed by atoms with Crippen molar-refractivity contribution in [1.29, 1.82) is 0 Å². The number of rotatable bonds is 19. The summed E-state index contributed by atoms with van der Waals surface area (Å²) in [6, 6.07) is 21.5. The van der Waals surface area contributed by atoms with Gasteiger partial charge in [0.15, 0.2) is 0 Å². The van der Waals surface area contributed by atoms with Crippen molar-refractivity contribution in [3.8, 4) is 0 Å². The molecule has 0 spiro atoms. The summed E-state index contributed by atoms with van der Waals surface area (Å²) in [5.41, 5.74) is 87.9. The van der Waals surface area contributed by atoms with E-state index in [0.29, 0.717) is 32.1 Å². The molecule has 74 heavy (non-hydrogen) atoms. The summed E-state index contributed by atoms with van der Waals surface area (Å²) in [6.07, 6.45) is 2.68. The number of carbonyl (C=O) groups excluding carboxylic acids is 1. The topological polar surface area (TPSA) is 505 Å². The molecule has 0 aliphatic heterocycles. The van der Waals surface area contributed by atoms with Crippen LogP contribution in [0.4, 0.5) is 0 Å². The van der Waals surface area contributed by atoms with Crippen LogP contribution in [0.15, 0.2) is 124 Å². The largest absolute Gasteiger partial charge is 0.300 e. The van der Waals surface area contributed by atoms with Crippen molar-refractivity contribution in [1.82, 2.24) is 0 Å². The lowest BCUT2D eigenvalue weighted by Gasteiger charge is -2.33. The third-order valence-electron chi connectivity index (χ3n) is 11.3. The van der Waals surface area contributed by atoms with Crippen molar-refractivity contribution in [3.63, 3.8) is 0 Å². The summed E-state index contributed by atoms with van der Waals surface area (Å²) >= 11 is 3.19. The molecule has 0 saturated carbocycles. The van der Waals surface area contributed by atoms with Crippen molar-refractivity contribution in [2.75, 3.05) is 25.0 Å². The number of hydrogen-bond donors (Lipinski definition) is 0. The monoisotopic (exact) mass is 1070 g/mol. The Labute approximate surface area is 432 Å². The van der Waals surface area contributed by atoms with Crippen LogP contribution in [0.3, 0.4) is 0 Å². The molecular formula is C42H53BrN30O. The van der Waals surface area contributed by atoms with Gasteiger partial charge in [0.1, 0.15) is 5.78 Å². The SMILES string of the molecule is CC(=O)CCC(CN=[N+]=[N-])N=[N+]=[N-].CC(C)(C)c1ccc(C(CN=[N+]=[N-])N=[N+]=[N-])cc1.C[C@@]1(N=[N+]=[N-])Cc2ccccc2[C@@]1(C)N=[N+]=[N-].[N-]=[N+]=NCC(CCBr)N=[N+]=[N-].[N-]=[N+]=N[C@@H]1c2ccccc2C[C@H]1N=[N+]=[N-]. The summed E-state index contributed by atoms with van der Waals surface area (Å²) < 4.78 is 0. The molecule has 0 bridgehead atoms. The van der Waals surface area contributed by atoms with Crippen LogP contribution in [-0.2, 0) is 28.6 Å². The van der Waals surface area contributed by atoms with E-state index >= 15 is 0 Å². The Hall–Kier alpha value is -9.09. The maximum atomic E-state index is 10.6. The van der Waals surface area contributed by atoms with Crippen molar-refractivity contribution < 1.29 is 4.79 Å². The standard InChI is InChI=1S/C12H16N6.C11H12N6.C9H8N6.C6H10N6O.C4H7BrN6/c1-12(2,3)10-6-4-9(5-7-10)11(16-18-14)8-15-17-13;1-10(14-16-12)7-8-5-3-4-6-9(8)11(10,2)15-17-13;10-14-12-8-5-6-3-1-2-4-7(6)9(8)13-15-11;1-5(13)2-3-6(10-12-8)4-9-11-7;5-2-1-4(9-11-7)3-8-10-6/h4-7,11H,8H2,1-3H3;3-6H,7H2,1-2H3;1-4,8-9H,5H2;6H,2-4H2,1H3;4H,1-3H2/t;10-,11-;8-,9-;;/m.11../s1. The van der Waals surface area contributed by atoms with Gasteiger partial charge in [-0.15, -0.1) is 0 Å². The van der Waals surface area contributed by atoms with Crippen LogP contribution in [0, 0.1) is 0 Å². The second kappa shape index (κ2) is 34.3. The molecule has 7 atom stereocenters. The molecule has 3 unspecified atom stereocenters. The lowest BCUT2D eigenvalue weighted by molar-refractivity contribution is -0.117. The van der Waals surface area contributed by atoms with Crippen LogP contribution in [0.1, 0.15) is 106 Å². The number of benzene rings is 3. The Balaban J connectivity index is 0.000000468. The van der Waals surface area contributed by atoms with Gasteiger partial charge in [-0.2, -0.15) is 0 Å². The van der Waals surface area contributed by atoms with Crippen LogP contribution in [0.2, 0.25) is 0 Å². The first-order valence-corrected chi connectivity index (χ1v) is 23.3.